The minimum Gasteiger partial charge on any atom is -0.310 e. The molecule has 0 unspecified atom stereocenters. The summed E-state index contributed by atoms with van der Waals surface area (Å²) in [4.78, 5) is 2.47. The highest BCUT2D eigenvalue weighted by molar-refractivity contribution is 6.13. The van der Waals surface area contributed by atoms with Crippen LogP contribution in [0.25, 0.3) is 49.7 Å². The van der Waals surface area contributed by atoms with Crippen molar-refractivity contribution in [3.05, 3.63) is 287 Å². The van der Waals surface area contributed by atoms with Gasteiger partial charge in [-0.3, -0.25) is 0 Å². The Morgan fingerprint density at radius 3 is 1.44 bits per heavy atom. The van der Waals surface area contributed by atoms with Crippen LogP contribution in [-0.4, -0.2) is 4.57 Å². The van der Waals surface area contributed by atoms with Gasteiger partial charge in [-0.05, 0) is 109 Å². The maximum atomic E-state index is 2.56. The van der Waals surface area contributed by atoms with Gasteiger partial charge in [-0.25, -0.2) is 0 Å². The molecular weight excluding hydrogens is 773 g/mol. The first-order valence-corrected chi connectivity index (χ1v) is 22.4. The monoisotopic (exact) mass is 812 g/mol. The Hall–Kier alpha value is -8.20. The Morgan fingerprint density at radius 1 is 0.297 bits per heavy atom. The van der Waals surface area contributed by atoms with Gasteiger partial charge in [0.2, 0.25) is 0 Å². The van der Waals surface area contributed by atoms with E-state index in [0.29, 0.717) is 0 Å². The number of fused-ring (bicyclic) bond motifs is 15. The van der Waals surface area contributed by atoms with Crippen molar-refractivity contribution < 1.29 is 0 Å². The van der Waals surface area contributed by atoms with Gasteiger partial charge in [0, 0.05) is 27.8 Å². The average Bonchev–Trinajstić information content (AvgIpc) is 3.98. The molecule has 2 aliphatic carbocycles. The average molecular weight is 813 g/mol. The van der Waals surface area contributed by atoms with Crippen LogP contribution in [0.15, 0.2) is 243 Å². The second-order valence-electron chi connectivity index (χ2n) is 17.5. The zero-order valence-corrected chi connectivity index (χ0v) is 35.0. The summed E-state index contributed by atoms with van der Waals surface area (Å²) < 4.78 is 2.56. The molecule has 0 radical (unpaired) electrons. The third-order valence-electron chi connectivity index (χ3n) is 14.7. The van der Waals surface area contributed by atoms with E-state index in [9.17, 15) is 0 Å². The summed E-state index contributed by atoms with van der Waals surface area (Å²) in [5, 5.41) is 2.55. The topological polar surface area (TPSA) is 8.17 Å². The number of anilines is 3. The number of hydrogen-bond donors (Lipinski definition) is 0. The molecule has 298 valence electrons. The molecular formula is C62H40N2. The summed E-state index contributed by atoms with van der Waals surface area (Å²) in [6.07, 6.45) is 0. The molecule has 64 heavy (non-hydrogen) atoms. The highest BCUT2D eigenvalue weighted by Gasteiger charge is 2.51. The van der Waals surface area contributed by atoms with Crippen LogP contribution in [0.2, 0.25) is 0 Å². The van der Waals surface area contributed by atoms with E-state index < -0.39 is 10.8 Å². The Labute approximate surface area is 372 Å². The standard InChI is InChI=1S/C62H40N2/c1-4-19-41(20-5-1)61(42-21-6-2-7-22-42)52-30-14-10-27-48(52)49-37-35-44(39-57(49)61)63(43-23-8-3-9-24-43)45-36-38-55-59(40-45)64-58-34-17-13-28-50(58)51-29-18-33-56(60(51)64)62(55)53-31-15-11-25-46(53)47-26-12-16-32-54(47)62/h1-40H. The van der Waals surface area contributed by atoms with Crippen LogP contribution >= 0.6 is 0 Å². The molecule has 0 amide bonds. The third-order valence-corrected chi connectivity index (χ3v) is 14.7. The number of benzene rings is 10. The fourth-order valence-electron chi connectivity index (χ4n) is 12.3. The number of nitrogens with zero attached hydrogens (tertiary/aromatic N) is 2. The Bertz CT molecular complexity index is 3590. The summed E-state index contributed by atoms with van der Waals surface area (Å²) in [5.74, 6) is 0. The van der Waals surface area contributed by atoms with Crippen LogP contribution in [0.1, 0.15) is 44.5 Å². The van der Waals surface area contributed by atoms with Crippen molar-refractivity contribution in [3.63, 3.8) is 0 Å². The van der Waals surface area contributed by atoms with Crippen LogP contribution in [-0.2, 0) is 10.8 Å². The summed E-state index contributed by atoms with van der Waals surface area (Å²) in [7, 11) is 0. The van der Waals surface area contributed by atoms with Crippen molar-refractivity contribution >= 4 is 38.9 Å². The lowest BCUT2D eigenvalue weighted by atomic mass is 9.65. The van der Waals surface area contributed by atoms with Gasteiger partial charge >= 0.3 is 0 Å². The first-order valence-electron chi connectivity index (χ1n) is 22.4. The molecule has 0 atom stereocenters. The van der Waals surface area contributed by atoms with Crippen molar-refractivity contribution in [2.24, 2.45) is 0 Å². The van der Waals surface area contributed by atoms with Gasteiger partial charge in [0.05, 0.1) is 27.6 Å². The summed E-state index contributed by atoms with van der Waals surface area (Å²) in [6, 6.07) is 90.7. The van der Waals surface area contributed by atoms with Gasteiger partial charge in [-0.15, -0.1) is 0 Å². The highest BCUT2D eigenvalue weighted by Crippen LogP contribution is 2.62. The number of aromatic nitrogens is 1. The predicted octanol–water partition coefficient (Wildman–Crippen LogP) is 15.3. The largest absolute Gasteiger partial charge is 0.310 e. The zero-order chi connectivity index (χ0) is 42.0. The number of rotatable bonds is 5. The fourth-order valence-corrected chi connectivity index (χ4v) is 12.3. The second kappa shape index (κ2) is 13.2. The molecule has 10 aromatic carbocycles. The van der Waals surface area contributed by atoms with E-state index in [1.165, 1.54) is 94.3 Å². The van der Waals surface area contributed by atoms with Gasteiger partial charge < -0.3 is 9.47 Å². The molecule has 0 fully saturated rings. The summed E-state index contributed by atoms with van der Waals surface area (Å²) >= 11 is 0. The molecule has 3 aliphatic rings. The smallest absolute Gasteiger partial charge is 0.0754 e. The molecule has 0 N–H and O–H groups in total. The Morgan fingerprint density at radius 2 is 0.781 bits per heavy atom. The lowest BCUT2D eigenvalue weighted by Gasteiger charge is -2.40. The molecule has 11 aromatic rings. The first kappa shape index (κ1) is 35.4. The lowest BCUT2D eigenvalue weighted by Crippen LogP contribution is -2.33. The quantitative estimate of drug-likeness (QED) is 0.168. The molecule has 1 aromatic heterocycles. The minimum absolute atomic E-state index is 0.507. The molecule has 0 saturated carbocycles. The maximum Gasteiger partial charge on any atom is 0.0754 e. The van der Waals surface area contributed by atoms with E-state index >= 15 is 0 Å². The van der Waals surface area contributed by atoms with Gasteiger partial charge in [0.25, 0.3) is 0 Å². The summed E-state index contributed by atoms with van der Waals surface area (Å²) in [6.45, 7) is 0. The normalized spacial score (nSPS) is 14.2. The maximum absolute atomic E-state index is 2.56. The molecule has 1 aliphatic heterocycles. The van der Waals surface area contributed by atoms with E-state index in [2.05, 4.69) is 252 Å². The van der Waals surface area contributed by atoms with Crippen LogP contribution < -0.4 is 4.90 Å². The van der Waals surface area contributed by atoms with Crippen molar-refractivity contribution in [2.45, 2.75) is 10.8 Å². The van der Waals surface area contributed by atoms with Crippen LogP contribution in [0.4, 0.5) is 17.1 Å². The third kappa shape index (κ3) is 4.44. The lowest BCUT2D eigenvalue weighted by molar-refractivity contribution is 0.748. The molecule has 1 spiro atoms. The van der Waals surface area contributed by atoms with Gasteiger partial charge in [0.15, 0.2) is 0 Å². The molecule has 0 saturated heterocycles. The first-order chi connectivity index (χ1) is 31.8. The number of para-hydroxylation sites is 3. The molecule has 14 rings (SSSR count). The second-order valence-corrected chi connectivity index (χ2v) is 17.5. The molecule has 2 nitrogen and oxygen atoms in total. The van der Waals surface area contributed by atoms with E-state index in [1.807, 2.05) is 0 Å². The zero-order valence-electron chi connectivity index (χ0n) is 35.0. The number of hydrogen-bond acceptors (Lipinski definition) is 1. The summed E-state index contributed by atoms with van der Waals surface area (Å²) in [5.41, 5.74) is 21.6. The molecule has 2 heterocycles. The van der Waals surface area contributed by atoms with Crippen LogP contribution in [0.3, 0.4) is 0 Å². The SMILES string of the molecule is c1ccc(N(c2ccc3c(c2)-n2c4ccccc4c4cccc(c42)C32c3ccccc3-c3ccccc32)c2ccc3c(c2)C(c2ccccc2)(c2ccccc2)c2ccccc2-3)cc1. The fraction of sp³-hybridized carbons (Fsp3) is 0.0323. The van der Waals surface area contributed by atoms with Crippen LogP contribution in [0, 0.1) is 0 Å². The van der Waals surface area contributed by atoms with Crippen LogP contribution in [0.5, 0.6) is 0 Å². The van der Waals surface area contributed by atoms with E-state index in [-0.39, 0.29) is 0 Å². The van der Waals surface area contributed by atoms with Crippen molar-refractivity contribution in [1.29, 1.82) is 0 Å². The highest BCUT2D eigenvalue weighted by atomic mass is 15.1. The van der Waals surface area contributed by atoms with E-state index in [0.717, 1.165) is 17.1 Å². The van der Waals surface area contributed by atoms with Gasteiger partial charge in [0.1, 0.15) is 0 Å². The minimum atomic E-state index is -0.516. The van der Waals surface area contributed by atoms with Crippen molar-refractivity contribution in [1.82, 2.24) is 4.57 Å². The van der Waals surface area contributed by atoms with Gasteiger partial charge in [-0.2, -0.15) is 0 Å². The molecule has 2 heteroatoms. The Balaban J connectivity index is 1.07. The van der Waals surface area contributed by atoms with Crippen molar-refractivity contribution in [3.8, 4) is 27.9 Å². The van der Waals surface area contributed by atoms with Gasteiger partial charge in [-0.1, -0.05) is 200 Å². The van der Waals surface area contributed by atoms with Crippen molar-refractivity contribution in [2.75, 3.05) is 4.90 Å². The predicted molar refractivity (Wildman–Crippen MR) is 264 cm³/mol. The molecule has 0 bridgehead atoms. The van der Waals surface area contributed by atoms with E-state index in [4.69, 9.17) is 0 Å². The Kier molecular flexibility index (Phi) is 7.28. The van der Waals surface area contributed by atoms with E-state index in [1.54, 1.807) is 0 Å².